The lowest BCUT2D eigenvalue weighted by molar-refractivity contribution is 0.0649. The largest absolute Gasteiger partial charge is 0.347 e. The van der Waals surface area contributed by atoms with Gasteiger partial charge in [-0.05, 0) is 43.4 Å². The SMILES string of the molecule is CC(N)C1CCCN(C(=O)c2nccnc2C(=O)NCc2ccc(F)cc2)C1. The van der Waals surface area contributed by atoms with Crippen LogP contribution in [0.3, 0.4) is 0 Å². The van der Waals surface area contributed by atoms with Crippen LogP contribution in [0.25, 0.3) is 0 Å². The third-order valence-electron chi connectivity index (χ3n) is 4.97. The van der Waals surface area contributed by atoms with Gasteiger partial charge in [0.1, 0.15) is 5.82 Å². The number of rotatable bonds is 5. The molecule has 8 heteroatoms. The maximum atomic E-state index is 13.0. The average Bonchev–Trinajstić information content (AvgIpc) is 2.72. The van der Waals surface area contributed by atoms with E-state index in [2.05, 4.69) is 15.3 Å². The number of carbonyl (C=O) groups is 2. The average molecular weight is 385 g/mol. The standard InChI is InChI=1S/C20H24FN5O2/c1-13(22)15-3-2-10-26(12-15)20(28)18-17(23-8-9-24-18)19(27)25-11-14-4-6-16(21)7-5-14/h4-9,13,15H,2-3,10-12,22H2,1H3,(H,25,27). The van der Waals surface area contributed by atoms with Gasteiger partial charge in [0.25, 0.3) is 11.8 Å². The minimum Gasteiger partial charge on any atom is -0.347 e. The van der Waals surface area contributed by atoms with E-state index in [9.17, 15) is 14.0 Å². The van der Waals surface area contributed by atoms with E-state index in [1.54, 1.807) is 17.0 Å². The topological polar surface area (TPSA) is 101 Å². The number of benzene rings is 1. The number of aromatic nitrogens is 2. The fourth-order valence-corrected chi connectivity index (χ4v) is 3.30. The zero-order valence-corrected chi connectivity index (χ0v) is 15.8. The van der Waals surface area contributed by atoms with E-state index in [1.165, 1.54) is 24.5 Å². The van der Waals surface area contributed by atoms with Gasteiger partial charge < -0.3 is 16.0 Å². The van der Waals surface area contributed by atoms with Crippen molar-refractivity contribution in [2.75, 3.05) is 13.1 Å². The molecule has 2 amide bonds. The molecule has 1 saturated heterocycles. The zero-order chi connectivity index (χ0) is 20.1. The van der Waals surface area contributed by atoms with Crippen molar-refractivity contribution in [1.82, 2.24) is 20.2 Å². The first-order valence-electron chi connectivity index (χ1n) is 9.34. The molecule has 0 aliphatic carbocycles. The summed E-state index contributed by atoms with van der Waals surface area (Å²) in [4.78, 5) is 35.4. The van der Waals surface area contributed by atoms with Crippen molar-refractivity contribution in [2.45, 2.75) is 32.4 Å². The van der Waals surface area contributed by atoms with E-state index in [-0.39, 0.29) is 41.6 Å². The van der Waals surface area contributed by atoms with Crippen molar-refractivity contribution in [3.8, 4) is 0 Å². The molecule has 2 aromatic rings. The third-order valence-corrected chi connectivity index (χ3v) is 4.97. The maximum Gasteiger partial charge on any atom is 0.274 e. The highest BCUT2D eigenvalue weighted by atomic mass is 19.1. The van der Waals surface area contributed by atoms with E-state index >= 15 is 0 Å². The Balaban J connectivity index is 1.72. The summed E-state index contributed by atoms with van der Waals surface area (Å²) in [6, 6.07) is 5.81. The molecule has 1 aliphatic rings. The molecule has 0 bridgehead atoms. The predicted molar refractivity (Wildman–Crippen MR) is 102 cm³/mol. The van der Waals surface area contributed by atoms with Gasteiger partial charge in [-0.25, -0.2) is 14.4 Å². The van der Waals surface area contributed by atoms with Crippen molar-refractivity contribution < 1.29 is 14.0 Å². The molecule has 2 atom stereocenters. The molecular formula is C20H24FN5O2. The zero-order valence-electron chi connectivity index (χ0n) is 15.8. The van der Waals surface area contributed by atoms with Crippen LogP contribution in [0.4, 0.5) is 4.39 Å². The summed E-state index contributed by atoms with van der Waals surface area (Å²) in [5.41, 5.74) is 6.75. The summed E-state index contributed by atoms with van der Waals surface area (Å²) >= 11 is 0. The first kappa shape index (κ1) is 19.9. The molecular weight excluding hydrogens is 361 g/mol. The molecule has 1 fully saturated rings. The number of likely N-dealkylation sites (tertiary alicyclic amines) is 1. The Hall–Kier alpha value is -2.87. The number of amides is 2. The maximum absolute atomic E-state index is 13.0. The Morgan fingerprint density at radius 2 is 1.93 bits per heavy atom. The van der Waals surface area contributed by atoms with Gasteiger partial charge in [0, 0.05) is 38.1 Å². The summed E-state index contributed by atoms with van der Waals surface area (Å²) in [6.45, 7) is 3.29. The van der Waals surface area contributed by atoms with Crippen LogP contribution in [0, 0.1) is 11.7 Å². The van der Waals surface area contributed by atoms with Gasteiger partial charge >= 0.3 is 0 Å². The van der Waals surface area contributed by atoms with Crippen LogP contribution in [0.2, 0.25) is 0 Å². The van der Waals surface area contributed by atoms with E-state index in [0.29, 0.717) is 13.1 Å². The molecule has 0 radical (unpaired) electrons. The summed E-state index contributed by atoms with van der Waals surface area (Å²) in [6.07, 6.45) is 4.62. The minimum absolute atomic E-state index is 0.00376. The molecule has 7 nitrogen and oxygen atoms in total. The van der Waals surface area contributed by atoms with E-state index in [1.807, 2.05) is 6.92 Å². The quantitative estimate of drug-likeness (QED) is 0.816. The molecule has 1 aromatic carbocycles. The highest BCUT2D eigenvalue weighted by molar-refractivity contribution is 6.04. The number of nitrogens with two attached hydrogens (primary N) is 1. The third kappa shape index (κ3) is 4.69. The normalized spacial score (nSPS) is 17.8. The summed E-state index contributed by atoms with van der Waals surface area (Å²) in [7, 11) is 0. The lowest BCUT2D eigenvalue weighted by Gasteiger charge is -2.34. The summed E-state index contributed by atoms with van der Waals surface area (Å²) < 4.78 is 13.0. The van der Waals surface area contributed by atoms with Gasteiger partial charge in [-0.15, -0.1) is 0 Å². The second-order valence-electron chi connectivity index (χ2n) is 7.08. The van der Waals surface area contributed by atoms with Crippen molar-refractivity contribution in [2.24, 2.45) is 11.7 Å². The molecule has 1 aliphatic heterocycles. The minimum atomic E-state index is -0.499. The van der Waals surface area contributed by atoms with Crippen LogP contribution in [0.15, 0.2) is 36.7 Å². The van der Waals surface area contributed by atoms with Gasteiger partial charge in [0.05, 0.1) is 0 Å². The van der Waals surface area contributed by atoms with Crippen LogP contribution in [-0.2, 0) is 6.54 Å². The molecule has 0 spiro atoms. The first-order chi connectivity index (χ1) is 13.5. The predicted octanol–water partition coefficient (Wildman–Crippen LogP) is 1.75. The Morgan fingerprint density at radius 1 is 1.25 bits per heavy atom. The van der Waals surface area contributed by atoms with Crippen LogP contribution in [0.1, 0.15) is 46.3 Å². The molecule has 148 valence electrons. The summed E-state index contributed by atoms with van der Waals surface area (Å²) in [5, 5.41) is 2.71. The van der Waals surface area contributed by atoms with Crippen LogP contribution in [0.5, 0.6) is 0 Å². The van der Waals surface area contributed by atoms with Crippen LogP contribution in [-0.4, -0.2) is 45.8 Å². The van der Waals surface area contributed by atoms with Crippen molar-refractivity contribution in [3.63, 3.8) is 0 Å². The van der Waals surface area contributed by atoms with E-state index in [0.717, 1.165) is 18.4 Å². The molecule has 0 saturated carbocycles. The van der Waals surface area contributed by atoms with Gasteiger partial charge in [0.15, 0.2) is 11.4 Å². The number of piperidine rings is 1. The second kappa shape index (κ2) is 8.88. The fourth-order valence-electron chi connectivity index (χ4n) is 3.30. The molecule has 3 N–H and O–H groups in total. The number of nitrogens with zero attached hydrogens (tertiary/aromatic N) is 3. The molecule has 1 aromatic heterocycles. The number of carbonyl (C=O) groups excluding carboxylic acids is 2. The van der Waals surface area contributed by atoms with E-state index in [4.69, 9.17) is 5.73 Å². The van der Waals surface area contributed by atoms with Crippen molar-refractivity contribution in [3.05, 3.63) is 59.4 Å². The van der Waals surface area contributed by atoms with Gasteiger partial charge in [-0.2, -0.15) is 0 Å². The summed E-state index contributed by atoms with van der Waals surface area (Å²) in [5.74, 6) is -0.930. The Morgan fingerprint density at radius 3 is 2.61 bits per heavy atom. The fraction of sp³-hybridized carbons (Fsp3) is 0.400. The lowest BCUT2D eigenvalue weighted by atomic mass is 9.92. The highest BCUT2D eigenvalue weighted by Gasteiger charge is 2.30. The number of hydrogen-bond donors (Lipinski definition) is 2. The van der Waals surface area contributed by atoms with Crippen molar-refractivity contribution in [1.29, 1.82) is 0 Å². The molecule has 3 rings (SSSR count). The lowest BCUT2D eigenvalue weighted by Crippen LogP contribution is -2.45. The number of nitrogens with one attached hydrogen (secondary N) is 1. The molecule has 2 unspecified atom stereocenters. The van der Waals surface area contributed by atoms with Gasteiger partial charge in [-0.3, -0.25) is 9.59 Å². The number of hydrogen-bond acceptors (Lipinski definition) is 5. The smallest absolute Gasteiger partial charge is 0.274 e. The second-order valence-corrected chi connectivity index (χ2v) is 7.08. The Bertz CT molecular complexity index is 841. The van der Waals surface area contributed by atoms with Crippen LogP contribution < -0.4 is 11.1 Å². The first-order valence-corrected chi connectivity index (χ1v) is 9.34. The van der Waals surface area contributed by atoms with Crippen LogP contribution >= 0.6 is 0 Å². The molecule has 28 heavy (non-hydrogen) atoms. The van der Waals surface area contributed by atoms with E-state index < -0.39 is 5.91 Å². The van der Waals surface area contributed by atoms with Gasteiger partial charge in [-0.1, -0.05) is 12.1 Å². The Kier molecular flexibility index (Phi) is 6.30. The monoisotopic (exact) mass is 385 g/mol. The molecule has 2 heterocycles. The number of halogens is 1. The van der Waals surface area contributed by atoms with Crippen molar-refractivity contribution >= 4 is 11.8 Å². The highest BCUT2D eigenvalue weighted by Crippen LogP contribution is 2.20. The Labute approximate surface area is 163 Å². The van der Waals surface area contributed by atoms with Gasteiger partial charge in [0.2, 0.25) is 0 Å².